The van der Waals surface area contributed by atoms with Crippen LogP contribution in [0.1, 0.15) is 60.6 Å². The molecule has 0 spiro atoms. The van der Waals surface area contributed by atoms with Crippen molar-refractivity contribution in [3.63, 3.8) is 0 Å². The Kier molecular flexibility index (Phi) is 8.72. The molecule has 2 aromatic carbocycles. The molecular formula is C32H37N3O2S. The molecule has 6 heteroatoms. The van der Waals surface area contributed by atoms with Crippen LogP contribution in [0.25, 0.3) is 22.8 Å². The molecule has 0 bridgehead atoms. The third-order valence-corrected chi connectivity index (χ3v) is 7.91. The molecule has 38 heavy (non-hydrogen) atoms. The first-order chi connectivity index (χ1) is 18.6. The van der Waals surface area contributed by atoms with Crippen LogP contribution in [0.15, 0.2) is 60.8 Å². The van der Waals surface area contributed by atoms with E-state index in [1.165, 1.54) is 53.5 Å². The van der Waals surface area contributed by atoms with E-state index in [0.717, 1.165) is 42.4 Å². The molecule has 1 atom stereocenters. The van der Waals surface area contributed by atoms with Gasteiger partial charge in [-0.2, -0.15) is 4.37 Å². The molecule has 6 rings (SSSR count). The standard InChI is InChI=1S/C18H16.C14H21N3O2S/c1-3-7-15-13(5-1)9-11-18-16-8-4-2-6-14(16)10-12-17(15)18;1-3-5-12(18)7-9-19-14-13(15-20-16-14)11-6-4-8-17(2)10-11/h1,3-5,7-8,10,12H,2,6,9,11H2;4,6,8,12,18H,3,5,7,9-10H2,1-2H3. The number of aromatic nitrogens is 2. The summed E-state index contributed by atoms with van der Waals surface area (Å²) in [4.78, 5) is 2.09. The highest BCUT2D eigenvalue weighted by Gasteiger charge is 2.20. The number of fused-ring (bicyclic) bond motifs is 5. The Morgan fingerprint density at radius 2 is 1.92 bits per heavy atom. The second-order valence-electron chi connectivity index (χ2n) is 10.2. The molecule has 1 N–H and O–H groups in total. The number of nitrogens with zero attached hydrogens (tertiary/aromatic N) is 3. The van der Waals surface area contributed by atoms with Crippen molar-refractivity contribution in [3.05, 3.63) is 88.8 Å². The number of hydrogen-bond donors (Lipinski definition) is 1. The van der Waals surface area contributed by atoms with E-state index in [0.29, 0.717) is 18.9 Å². The Hall–Kier alpha value is -3.22. The number of aryl methyl sites for hydroxylation is 2. The fourth-order valence-electron chi connectivity index (χ4n) is 5.44. The van der Waals surface area contributed by atoms with Gasteiger partial charge in [0, 0.05) is 25.6 Å². The Bertz CT molecular complexity index is 1340. The molecule has 5 nitrogen and oxygen atoms in total. The van der Waals surface area contributed by atoms with Gasteiger partial charge in [-0.1, -0.05) is 68.0 Å². The summed E-state index contributed by atoms with van der Waals surface area (Å²) >= 11 is 1.16. The van der Waals surface area contributed by atoms with E-state index >= 15 is 0 Å². The van der Waals surface area contributed by atoms with Crippen molar-refractivity contribution in [2.75, 3.05) is 20.2 Å². The maximum atomic E-state index is 9.69. The predicted octanol–water partition coefficient (Wildman–Crippen LogP) is 6.72. The summed E-state index contributed by atoms with van der Waals surface area (Å²) in [6.07, 6.45) is 17.6. The normalized spacial score (nSPS) is 16.0. The largest absolute Gasteiger partial charge is 0.475 e. The van der Waals surface area contributed by atoms with Crippen LogP contribution in [-0.4, -0.2) is 45.1 Å². The fourth-order valence-corrected chi connectivity index (χ4v) is 5.97. The predicted molar refractivity (Wildman–Crippen MR) is 157 cm³/mol. The Morgan fingerprint density at radius 1 is 1.03 bits per heavy atom. The third kappa shape index (κ3) is 6.08. The number of hydrogen-bond acceptors (Lipinski definition) is 6. The zero-order chi connectivity index (χ0) is 26.3. The molecule has 1 aliphatic heterocycles. The summed E-state index contributed by atoms with van der Waals surface area (Å²) < 4.78 is 14.2. The molecule has 1 aromatic heterocycles. The molecule has 0 fully saturated rings. The highest BCUT2D eigenvalue weighted by Crippen LogP contribution is 2.38. The van der Waals surface area contributed by atoms with Crippen molar-refractivity contribution in [3.8, 4) is 17.0 Å². The smallest absolute Gasteiger partial charge is 0.253 e. The van der Waals surface area contributed by atoms with E-state index in [-0.39, 0.29) is 6.10 Å². The van der Waals surface area contributed by atoms with Crippen LogP contribution in [0.3, 0.4) is 0 Å². The van der Waals surface area contributed by atoms with Gasteiger partial charge >= 0.3 is 0 Å². The number of rotatable bonds is 7. The molecule has 0 saturated heterocycles. The van der Waals surface area contributed by atoms with Crippen molar-refractivity contribution in [2.45, 2.75) is 58.0 Å². The number of benzene rings is 2. The first-order valence-corrected chi connectivity index (χ1v) is 14.5. The molecule has 2 heterocycles. The minimum absolute atomic E-state index is 0.294. The first-order valence-electron chi connectivity index (χ1n) is 13.7. The topological polar surface area (TPSA) is 58.5 Å². The number of aliphatic hydroxyl groups excluding tert-OH is 1. The van der Waals surface area contributed by atoms with Crippen LogP contribution < -0.4 is 4.74 Å². The van der Waals surface area contributed by atoms with Crippen LogP contribution in [-0.2, 0) is 19.3 Å². The van der Waals surface area contributed by atoms with Gasteiger partial charge in [-0.15, -0.1) is 4.37 Å². The molecule has 3 aromatic rings. The number of aliphatic hydroxyl groups is 1. The van der Waals surface area contributed by atoms with E-state index in [1.54, 1.807) is 5.56 Å². The van der Waals surface area contributed by atoms with Gasteiger partial charge in [-0.05, 0) is 77.8 Å². The molecule has 2 aliphatic carbocycles. The third-order valence-electron chi connectivity index (χ3n) is 7.40. The summed E-state index contributed by atoms with van der Waals surface area (Å²) in [6, 6.07) is 13.5. The van der Waals surface area contributed by atoms with Crippen molar-refractivity contribution < 1.29 is 9.84 Å². The summed E-state index contributed by atoms with van der Waals surface area (Å²) in [5.41, 5.74) is 10.9. The lowest BCUT2D eigenvalue weighted by Gasteiger charge is -2.24. The van der Waals surface area contributed by atoms with E-state index in [2.05, 4.69) is 69.1 Å². The zero-order valence-corrected chi connectivity index (χ0v) is 23.2. The van der Waals surface area contributed by atoms with Crippen molar-refractivity contribution in [1.29, 1.82) is 0 Å². The van der Waals surface area contributed by atoms with E-state index < -0.39 is 0 Å². The Balaban J connectivity index is 0.000000155. The summed E-state index contributed by atoms with van der Waals surface area (Å²) in [5.74, 6) is 0.577. The van der Waals surface area contributed by atoms with Gasteiger partial charge in [0.1, 0.15) is 5.69 Å². The Labute approximate surface area is 230 Å². The average Bonchev–Trinajstić information content (AvgIpc) is 3.42. The van der Waals surface area contributed by atoms with Gasteiger partial charge in [0.2, 0.25) is 0 Å². The number of allylic oxidation sites excluding steroid dienone is 3. The molecular weight excluding hydrogens is 490 g/mol. The van der Waals surface area contributed by atoms with Crippen LogP contribution in [0, 0.1) is 0 Å². The van der Waals surface area contributed by atoms with Gasteiger partial charge in [-0.3, -0.25) is 0 Å². The van der Waals surface area contributed by atoms with Crippen LogP contribution in [0.2, 0.25) is 0 Å². The van der Waals surface area contributed by atoms with Gasteiger partial charge in [0.05, 0.1) is 24.4 Å². The maximum absolute atomic E-state index is 9.69. The van der Waals surface area contributed by atoms with Gasteiger partial charge in [-0.25, -0.2) is 0 Å². The van der Waals surface area contributed by atoms with Crippen molar-refractivity contribution in [1.82, 2.24) is 13.6 Å². The lowest BCUT2D eigenvalue weighted by molar-refractivity contribution is 0.129. The van der Waals surface area contributed by atoms with Crippen LogP contribution in [0.4, 0.5) is 0 Å². The van der Waals surface area contributed by atoms with Gasteiger partial charge < -0.3 is 14.7 Å². The highest BCUT2D eigenvalue weighted by molar-refractivity contribution is 6.99. The average molecular weight is 528 g/mol. The quantitative estimate of drug-likeness (QED) is 0.370. The van der Waals surface area contributed by atoms with Crippen LogP contribution >= 0.6 is 11.7 Å². The summed E-state index contributed by atoms with van der Waals surface area (Å²) in [7, 11) is 2.02. The highest BCUT2D eigenvalue weighted by atomic mass is 32.1. The second-order valence-corrected chi connectivity index (χ2v) is 10.7. The molecule has 0 amide bonds. The fraction of sp³-hybridized carbons (Fsp3) is 0.375. The van der Waals surface area contributed by atoms with Gasteiger partial charge in [0.25, 0.3) is 5.88 Å². The number of likely N-dealkylation sites (N-methyl/N-ethyl adjacent to an activating group) is 1. The molecule has 1 unspecified atom stereocenters. The van der Waals surface area contributed by atoms with Crippen molar-refractivity contribution in [2.24, 2.45) is 0 Å². The maximum Gasteiger partial charge on any atom is 0.253 e. The van der Waals surface area contributed by atoms with E-state index in [4.69, 9.17) is 4.74 Å². The minimum atomic E-state index is -0.294. The van der Waals surface area contributed by atoms with Crippen LogP contribution in [0.5, 0.6) is 5.88 Å². The molecule has 198 valence electrons. The SMILES string of the molecule is C1=Cc2c(ccc3c2CCc2ccccc2-3)CC1.CCCC(O)CCOc1nsnc1C1=CC=CN(C)C1. The molecule has 0 saturated carbocycles. The second kappa shape index (κ2) is 12.5. The molecule has 0 radical (unpaired) electrons. The van der Waals surface area contributed by atoms with Crippen molar-refractivity contribution >= 4 is 23.4 Å². The zero-order valence-electron chi connectivity index (χ0n) is 22.4. The minimum Gasteiger partial charge on any atom is -0.475 e. The van der Waals surface area contributed by atoms with E-state index in [1.807, 2.05) is 25.4 Å². The lowest BCUT2D eigenvalue weighted by Crippen LogP contribution is -2.17. The van der Waals surface area contributed by atoms with E-state index in [9.17, 15) is 5.11 Å². The summed E-state index contributed by atoms with van der Waals surface area (Å²) in [6.45, 7) is 3.33. The molecule has 3 aliphatic rings. The summed E-state index contributed by atoms with van der Waals surface area (Å²) in [5, 5.41) is 9.69. The first kappa shape index (κ1) is 26.4. The Morgan fingerprint density at radius 3 is 2.79 bits per heavy atom. The monoisotopic (exact) mass is 527 g/mol. The van der Waals surface area contributed by atoms with Gasteiger partial charge in [0.15, 0.2) is 0 Å². The lowest BCUT2D eigenvalue weighted by atomic mass is 9.80. The number of ether oxygens (including phenoxy) is 1.